The molecule has 0 amide bonds. The average Bonchev–Trinajstić information content (AvgIpc) is 2.47. The maximum atomic E-state index is 11.9. The number of benzene rings is 1. The summed E-state index contributed by atoms with van der Waals surface area (Å²) in [5, 5.41) is 11.2. The average molecular weight is 272 g/mol. The standard InChI is InChI=1S/C14H12N2O4/c1-2-20-14(17)11-6-3-7-12(16(18)19)13(11)10-5-4-8-15-9-10/h3-9H,2H2,1H3. The monoisotopic (exact) mass is 272 g/mol. The number of esters is 1. The van der Waals surface area contributed by atoms with Gasteiger partial charge in [0.05, 0.1) is 22.7 Å². The number of nitro benzene ring substituents is 1. The lowest BCUT2D eigenvalue weighted by atomic mass is 9.99. The maximum Gasteiger partial charge on any atom is 0.339 e. The number of nitro groups is 1. The molecule has 1 aromatic carbocycles. The highest BCUT2D eigenvalue weighted by atomic mass is 16.6. The van der Waals surface area contributed by atoms with E-state index < -0.39 is 10.9 Å². The predicted molar refractivity (Wildman–Crippen MR) is 72.3 cm³/mol. The second-order valence-corrected chi connectivity index (χ2v) is 3.92. The van der Waals surface area contributed by atoms with Crippen LogP contribution in [0.1, 0.15) is 17.3 Å². The first kappa shape index (κ1) is 13.7. The van der Waals surface area contributed by atoms with E-state index in [1.165, 1.54) is 24.4 Å². The Morgan fingerprint density at radius 3 is 2.75 bits per heavy atom. The fourth-order valence-electron chi connectivity index (χ4n) is 1.89. The highest BCUT2D eigenvalue weighted by molar-refractivity contribution is 5.99. The van der Waals surface area contributed by atoms with E-state index in [9.17, 15) is 14.9 Å². The second kappa shape index (κ2) is 5.92. The van der Waals surface area contributed by atoms with E-state index in [0.29, 0.717) is 5.56 Å². The first-order valence-electron chi connectivity index (χ1n) is 6.00. The Morgan fingerprint density at radius 1 is 1.35 bits per heavy atom. The quantitative estimate of drug-likeness (QED) is 0.485. The molecule has 0 spiro atoms. The molecular weight excluding hydrogens is 260 g/mol. The summed E-state index contributed by atoms with van der Waals surface area (Å²) < 4.78 is 4.94. The molecule has 0 N–H and O–H groups in total. The van der Waals surface area contributed by atoms with Crippen LogP contribution in [0, 0.1) is 10.1 Å². The lowest BCUT2D eigenvalue weighted by molar-refractivity contribution is -0.384. The van der Waals surface area contributed by atoms with Gasteiger partial charge < -0.3 is 4.74 Å². The molecule has 0 aliphatic carbocycles. The van der Waals surface area contributed by atoms with Gasteiger partial charge in [-0.15, -0.1) is 0 Å². The maximum absolute atomic E-state index is 11.9. The number of hydrogen-bond donors (Lipinski definition) is 0. The van der Waals surface area contributed by atoms with Crippen LogP contribution in [0.3, 0.4) is 0 Å². The molecule has 0 saturated carbocycles. The van der Waals surface area contributed by atoms with Crippen molar-refractivity contribution in [1.29, 1.82) is 0 Å². The molecule has 102 valence electrons. The molecule has 0 radical (unpaired) electrons. The molecule has 6 nitrogen and oxygen atoms in total. The molecule has 2 rings (SSSR count). The molecule has 0 aliphatic heterocycles. The smallest absolute Gasteiger partial charge is 0.339 e. The molecule has 1 aromatic heterocycles. The van der Waals surface area contributed by atoms with Gasteiger partial charge in [0, 0.05) is 24.0 Å². The minimum Gasteiger partial charge on any atom is -0.462 e. The fourth-order valence-corrected chi connectivity index (χ4v) is 1.89. The van der Waals surface area contributed by atoms with Crippen LogP contribution in [0.25, 0.3) is 11.1 Å². The van der Waals surface area contributed by atoms with E-state index in [1.807, 2.05) is 0 Å². The Morgan fingerprint density at radius 2 is 2.15 bits per heavy atom. The summed E-state index contributed by atoms with van der Waals surface area (Å²) in [6, 6.07) is 7.64. The molecular formula is C14H12N2O4. The summed E-state index contributed by atoms with van der Waals surface area (Å²) in [5.74, 6) is -0.588. The second-order valence-electron chi connectivity index (χ2n) is 3.92. The van der Waals surface area contributed by atoms with Crippen LogP contribution in [-0.4, -0.2) is 22.5 Å². The van der Waals surface area contributed by atoms with Crippen molar-refractivity contribution in [2.75, 3.05) is 6.61 Å². The number of rotatable bonds is 4. The first-order valence-corrected chi connectivity index (χ1v) is 6.00. The van der Waals surface area contributed by atoms with Crippen molar-refractivity contribution in [2.45, 2.75) is 6.92 Å². The number of ether oxygens (including phenoxy) is 1. The number of carbonyl (C=O) groups is 1. The Balaban J connectivity index is 2.67. The van der Waals surface area contributed by atoms with Gasteiger partial charge in [0.2, 0.25) is 0 Å². The van der Waals surface area contributed by atoms with E-state index >= 15 is 0 Å². The molecule has 0 aliphatic rings. The zero-order valence-electron chi connectivity index (χ0n) is 10.8. The van der Waals surface area contributed by atoms with Crippen LogP contribution in [0.15, 0.2) is 42.7 Å². The van der Waals surface area contributed by atoms with Crippen LogP contribution < -0.4 is 0 Å². The van der Waals surface area contributed by atoms with Crippen LogP contribution in [0.2, 0.25) is 0 Å². The molecule has 0 saturated heterocycles. The van der Waals surface area contributed by atoms with Crippen molar-refractivity contribution in [3.63, 3.8) is 0 Å². The van der Waals surface area contributed by atoms with Gasteiger partial charge >= 0.3 is 5.97 Å². The van der Waals surface area contributed by atoms with Gasteiger partial charge in [0.1, 0.15) is 0 Å². The van der Waals surface area contributed by atoms with Gasteiger partial charge in [-0.25, -0.2) is 4.79 Å². The Kier molecular flexibility index (Phi) is 4.05. The summed E-state index contributed by atoms with van der Waals surface area (Å²) in [5.41, 5.74) is 0.740. The molecule has 1 heterocycles. The third kappa shape index (κ3) is 2.64. The van der Waals surface area contributed by atoms with Gasteiger partial charge in [-0.05, 0) is 19.1 Å². The molecule has 0 fully saturated rings. The van der Waals surface area contributed by atoms with E-state index in [4.69, 9.17) is 4.74 Å². The number of nitrogens with zero attached hydrogens (tertiary/aromatic N) is 2. The van der Waals surface area contributed by atoms with E-state index in [2.05, 4.69) is 4.98 Å². The van der Waals surface area contributed by atoms with Crippen molar-refractivity contribution in [3.8, 4) is 11.1 Å². The lowest BCUT2D eigenvalue weighted by Gasteiger charge is -2.09. The zero-order chi connectivity index (χ0) is 14.5. The van der Waals surface area contributed by atoms with Gasteiger partial charge in [0.25, 0.3) is 5.69 Å². The highest BCUT2D eigenvalue weighted by Crippen LogP contribution is 2.33. The summed E-state index contributed by atoms with van der Waals surface area (Å²) in [6.45, 7) is 1.88. The Bertz CT molecular complexity index is 641. The van der Waals surface area contributed by atoms with Crippen molar-refractivity contribution >= 4 is 11.7 Å². The topological polar surface area (TPSA) is 82.3 Å². The molecule has 2 aromatic rings. The van der Waals surface area contributed by atoms with E-state index in [-0.39, 0.29) is 23.4 Å². The molecule has 6 heteroatoms. The first-order chi connectivity index (χ1) is 9.65. The van der Waals surface area contributed by atoms with Gasteiger partial charge in [0.15, 0.2) is 0 Å². The van der Waals surface area contributed by atoms with E-state index in [0.717, 1.165) is 0 Å². The van der Waals surface area contributed by atoms with Gasteiger partial charge in [-0.1, -0.05) is 12.1 Å². The third-order valence-corrected chi connectivity index (χ3v) is 2.68. The Hall–Kier alpha value is -2.76. The van der Waals surface area contributed by atoms with Crippen molar-refractivity contribution in [2.24, 2.45) is 0 Å². The largest absolute Gasteiger partial charge is 0.462 e. The van der Waals surface area contributed by atoms with E-state index in [1.54, 1.807) is 25.3 Å². The number of aromatic nitrogens is 1. The molecule has 0 atom stereocenters. The minimum atomic E-state index is -0.588. The third-order valence-electron chi connectivity index (χ3n) is 2.68. The zero-order valence-corrected chi connectivity index (χ0v) is 10.8. The predicted octanol–water partition coefficient (Wildman–Crippen LogP) is 2.83. The van der Waals surface area contributed by atoms with Crippen molar-refractivity contribution in [1.82, 2.24) is 4.98 Å². The van der Waals surface area contributed by atoms with Crippen LogP contribution in [-0.2, 0) is 4.74 Å². The Labute approximate surface area is 115 Å². The van der Waals surface area contributed by atoms with Crippen LogP contribution in [0.5, 0.6) is 0 Å². The summed E-state index contributed by atoms with van der Waals surface area (Å²) >= 11 is 0. The highest BCUT2D eigenvalue weighted by Gasteiger charge is 2.23. The van der Waals surface area contributed by atoms with Gasteiger partial charge in [-0.2, -0.15) is 0 Å². The normalized spacial score (nSPS) is 10.1. The molecule has 0 unspecified atom stereocenters. The number of pyridine rings is 1. The summed E-state index contributed by atoms with van der Waals surface area (Å²) in [6.07, 6.45) is 3.04. The van der Waals surface area contributed by atoms with Crippen molar-refractivity contribution < 1.29 is 14.5 Å². The number of carbonyl (C=O) groups excluding carboxylic acids is 1. The van der Waals surface area contributed by atoms with Crippen LogP contribution in [0.4, 0.5) is 5.69 Å². The SMILES string of the molecule is CCOC(=O)c1cccc([N+](=O)[O-])c1-c1cccnc1. The van der Waals surface area contributed by atoms with Gasteiger partial charge in [-0.3, -0.25) is 15.1 Å². The molecule has 20 heavy (non-hydrogen) atoms. The van der Waals surface area contributed by atoms with Crippen molar-refractivity contribution in [3.05, 3.63) is 58.4 Å². The molecule has 0 bridgehead atoms. The summed E-state index contributed by atoms with van der Waals surface area (Å²) in [7, 11) is 0. The van der Waals surface area contributed by atoms with Crippen LogP contribution >= 0.6 is 0 Å². The number of hydrogen-bond acceptors (Lipinski definition) is 5. The summed E-state index contributed by atoms with van der Waals surface area (Å²) in [4.78, 5) is 26.5. The minimum absolute atomic E-state index is 0.149. The lowest BCUT2D eigenvalue weighted by Crippen LogP contribution is -2.08. The fraction of sp³-hybridized carbons (Fsp3) is 0.143.